The molecule has 0 amide bonds. The van der Waals surface area contributed by atoms with Crippen LogP contribution in [0.2, 0.25) is 0 Å². The molecule has 2 aliphatic rings. The fourth-order valence-electron chi connectivity index (χ4n) is 2.50. The van der Waals surface area contributed by atoms with Crippen LogP contribution in [0, 0.1) is 0 Å². The van der Waals surface area contributed by atoms with Crippen molar-refractivity contribution >= 4 is 0 Å². The molecular formula is C16H24N2O2. The van der Waals surface area contributed by atoms with Crippen molar-refractivity contribution in [2.75, 3.05) is 33.4 Å². The summed E-state index contributed by atoms with van der Waals surface area (Å²) >= 11 is 0. The van der Waals surface area contributed by atoms with E-state index in [4.69, 9.17) is 9.47 Å². The van der Waals surface area contributed by atoms with Crippen LogP contribution in [0.3, 0.4) is 0 Å². The maximum Gasteiger partial charge on any atom is 0.161 e. The van der Waals surface area contributed by atoms with Gasteiger partial charge in [0.05, 0.1) is 13.2 Å². The van der Waals surface area contributed by atoms with Crippen molar-refractivity contribution in [3.05, 3.63) is 23.8 Å². The van der Waals surface area contributed by atoms with Gasteiger partial charge in [-0.2, -0.15) is 0 Å². The summed E-state index contributed by atoms with van der Waals surface area (Å²) in [7, 11) is 2.22. The van der Waals surface area contributed by atoms with Crippen molar-refractivity contribution in [3.8, 4) is 11.5 Å². The lowest BCUT2D eigenvalue weighted by Crippen LogP contribution is -2.30. The molecule has 110 valence electrons. The van der Waals surface area contributed by atoms with Gasteiger partial charge in [0, 0.05) is 32.1 Å². The topological polar surface area (TPSA) is 33.7 Å². The van der Waals surface area contributed by atoms with Crippen molar-refractivity contribution in [3.63, 3.8) is 0 Å². The van der Waals surface area contributed by atoms with E-state index < -0.39 is 0 Å². The van der Waals surface area contributed by atoms with Crippen LogP contribution in [0.5, 0.6) is 11.5 Å². The fraction of sp³-hybridized carbons (Fsp3) is 0.625. The zero-order chi connectivity index (χ0) is 13.8. The van der Waals surface area contributed by atoms with Gasteiger partial charge in [-0.1, -0.05) is 6.07 Å². The third kappa shape index (κ3) is 3.64. The van der Waals surface area contributed by atoms with Gasteiger partial charge in [-0.3, -0.25) is 0 Å². The third-order valence-electron chi connectivity index (χ3n) is 3.95. The highest BCUT2D eigenvalue weighted by Crippen LogP contribution is 2.30. The molecule has 0 spiro atoms. The summed E-state index contributed by atoms with van der Waals surface area (Å²) in [6.07, 6.45) is 3.70. The van der Waals surface area contributed by atoms with E-state index in [9.17, 15) is 0 Å². The van der Waals surface area contributed by atoms with Gasteiger partial charge < -0.3 is 19.7 Å². The smallest absolute Gasteiger partial charge is 0.161 e. The van der Waals surface area contributed by atoms with Crippen LogP contribution < -0.4 is 14.8 Å². The first-order valence-corrected chi connectivity index (χ1v) is 7.62. The van der Waals surface area contributed by atoms with E-state index in [1.165, 1.54) is 18.4 Å². The number of fused-ring (bicyclic) bond motifs is 1. The molecule has 0 saturated heterocycles. The molecule has 4 nitrogen and oxygen atoms in total. The summed E-state index contributed by atoms with van der Waals surface area (Å²) in [6, 6.07) is 7.08. The van der Waals surface area contributed by atoms with Crippen molar-refractivity contribution < 1.29 is 9.47 Å². The van der Waals surface area contributed by atoms with Crippen LogP contribution in [0.15, 0.2) is 18.2 Å². The number of benzene rings is 1. The van der Waals surface area contributed by atoms with E-state index in [1.54, 1.807) is 0 Å². The van der Waals surface area contributed by atoms with Gasteiger partial charge in [-0.05, 0) is 37.6 Å². The Hall–Kier alpha value is -1.26. The number of nitrogens with zero attached hydrogens (tertiary/aromatic N) is 1. The summed E-state index contributed by atoms with van der Waals surface area (Å²) < 4.78 is 11.4. The molecule has 20 heavy (non-hydrogen) atoms. The van der Waals surface area contributed by atoms with Crippen molar-refractivity contribution in [2.45, 2.75) is 31.8 Å². The molecule has 4 heteroatoms. The Morgan fingerprint density at radius 1 is 1.20 bits per heavy atom. The SMILES string of the molecule is CN(CCNCc1ccc2c(c1)OCCCO2)C1CC1. The average molecular weight is 276 g/mol. The number of nitrogens with one attached hydrogen (secondary N) is 1. The molecule has 1 fully saturated rings. The fourth-order valence-corrected chi connectivity index (χ4v) is 2.50. The van der Waals surface area contributed by atoms with E-state index in [2.05, 4.69) is 29.4 Å². The van der Waals surface area contributed by atoms with Gasteiger partial charge in [0.2, 0.25) is 0 Å². The first-order chi connectivity index (χ1) is 9.83. The molecule has 0 bridgehead atoms. The molecule has 1 aromatic carbocycles. The number of rotatable bonds is 6. The quantitative estimate of drug-likeness (QED) is 0.806. The van der Waals surface area contributed by atoms with Gasteiger partial charge in [0.15, 0.2) is 11.5 Å². The zero-order valence-electron chi connectivity index (χ0n) is 12.2. The highest BCUT2D eigenvalue weighted by Gasteiger charge is 2.25. The number of likely N-dealkylation sites (N-methyl/N-ethyl adjacent to an activating group) is 1. The molecule has 1 saturated carbocycles. The van der Waals surface area contributed by atoms with Crippen LogP contribution in [0.25, 0.3) is 0 Å². The Labute approximate surface area is 121 Å². The molecule has 1 aromatic rings. The number of hydrogen-bond acceptors (Lipinski definition) is 4. The van der Waals surface area contributed by atoms with Gasteiger partial charge in [-0.25, -0.2) is 0 Å². The lowest BCUT2D eigenvalue weighted by atomic mass is 10.2. The molecule has 3 rings (SSSR count). The molecule has 1 N–H and O–H groups in total. The van der Waals surface area contributed by atoms with E-state index in [0.717, 1.165) is 56.8 Å². The monoisotopic (exact) mass is 276 g/mol. The van der Waals surface area contributed by atoms with E-state index >= 15 is 0 Å². The third-order valence-corrected chi connectivity index (χ3v) is 3.95. The van der Waals surface area contributed by atoms with E-state index in [1.807, 2.05) is 6.07 Å². The second-order valence-electron chi connectivity index (χ2n) is 5.72. The van der Waals surface area contributed by atoms with Crippen LogP contribution in [0.4, 0.5) is 0 Å². The average Bonchev–Trinajstić information content (AvgIpc) is 3.29. The molecule has 0 unspecified atom stereocenters. The van der Waals surface area contributed by atoms with E-state index in [0.29, 0.717) is 0 Å². The Balaban J connectivity index is 1.46. The predicted molar refractivity (Wildman–Crippen MR) is 79.4 cm³/mol. The normalized spacial score (nSPS) is 18.1. The summed E-state index contributed by atoms with van der Waals surface area (Å²) in [6.45, 7) is 4.53. The minimum atomic E-state index is 0.746. The first-order valence-electron chi connectivity index (χ1n) is 7.62. The summed E-state index contributed by atoms with van der Waals surface area (Å²) in [5.74, 6) is 1.76. The van der Waals surface area contributed by atoms with Crippen molar-refractivity contribution in [1.29, 1.82) is 0 Å². The van der Waals surface area contributed by atoms with Crippen LogP contribution in [-0.4, -0.2) is 44.3 Å². The zero-order valence-corrected chi connectivity index (χ0v) is 12.2. The Morgan fingerprint density at radius 3 is 2.80 bits per heavy atom. The minimum Gasteiger partial charge on any atom is -0.490 e. The first kappa shape index (κ1) is 13.7. The van der Waals surface area contributed by atoms with Crippen molar-refractivity contribution in [2.24, 2.45) is 0 Å². The maximum atomic E-state index is 5.71. The Bertz CT molecular complexity index is 446. The predicted octanol–water partition coefficient (Wildman–Crippen LogP) is 2.03. The molecule has 1 aliphatic heterocycles. The number of ether oxygens (including phenoxy) is 2. The van der Waals surface area contributed by atoms with Crippen LogP contribution in [-0.2, 0) is 6.54 Å². The molecule has 1 aliphatic carbocycles. The summed E-state index contributed by atoms with van der Waals surface area (Å²) in [4.78, 5) is 2.45. The second-order valence-corrected chi connectivity index (χ2v) is 5.72. The second kappa shape index (κ2) is 6.46. The lowest BCUT2D eigenvalue weighted by molar-refractivity contribution is 0.297. The van der Waals surface area contributed by atoms with Crippen LogP contribution in [0.1, 0.15) is 24.8 Å². The Morgan fingerprint density at radius 2 is 2.00 bits per heavy atom. The standard InChI is InChI=1S/C16H24N2O2/c1-18(14-4-5-14)8-7-17-12-13-3-6-15-16(11-13)20-10-2-9-19-15/h3,6,11,14,17H,2,4-5,7-10,12H2,1H3. The highest BCUT2D eigenvalue weighted by molar-refractivity contribution is 5.43. The van der Waals surface area contributed by atoms with Crippen molar-refractivity contribution in [1.82, 2.24) is 10.2 Å². The lowest BCUT2D eigenvalue weighted by Gasteiger charge is -2.16. The van der Waals surface area contributed by atoms with Gasteiger partial charge in [-0.15, -0.1) is 0 Å². The van der Waals surface area contributed by atoms with Gasteiger partial charge >= 0.3 is 0 Å². The van der Waals surface area contributed by atoms with E-state index in [-0.39, 0.29) is 0 Å². The van der Waals surface area contributed by atoms with Gasteiger partial charge in [0.1, 0.15) is 0 Å². The number of hydrogen-bond donors (Lipinski definition) is 1. The molecule has 0 atom stereocenters. The van der Waals surface area contributed by atoms with Gasteiger partial charge in [0.25, 0.3) is 0 Å². The summed E-state index contributed by atoms with van der Waals surface area (Å²) in [5, 5.41) is 3.50. The molecule has 1 heterocycles. The maximum absolute atomic E-state index is 5.71. The molecule has 0 aromatic heterocycles. The minimum absolute atomic E-state index is 0.746. The molecular weight excluding hydrogens is 252 g/mol. The van der Waals surface area contributed by atoms with Crippen LogP contribution >= 0.6 is 0 Å². The largest absolute Gasteiger partial charge is 0.490 e. The molecule has 0 radical (unpaired) electrons. The summed E-state index contributed by atoms with van der Waals surface area (Å²) in [5.41, 5.74) is 1.25. The Kier molecular flexibility index (Phi) is 4.43. The highest BCUT2D eigenvalue weighted by atomic mass is 16.5.